The van der Waals surface area contributed by atoms with Gasteiger partial charge in [0.15, 0.2) is 0 Å². The van der Waals surface area contributed by atoms with Crippen molar-refractivity contribution < 1.29 is 4.74 Å². The summed E-state index contributed by atoms with van der Waals surface area (Å²) < 4.78 is 5.60. The summed E-state index contributed by atoms with van der Waals surface area (Å²) in [6.07, 6.45) is 0.250. The van der Waals surface area contributed by atoms with Crippen LogP contribution < -0.4 is 5.32 Å². The highest BCUT2D eigenvalue weighted by Crippen LogP contribution is 2.17. The monoisotopic (exact) mass is 177 g/mol. The molecule has 1 aliphatic rings. The summed E-state index contributed by atoms with van der Waals surface area (Å²) in [6, 6.07) is 10.3. The molecule has 1 atom stereocenters. The Balaban J connectivity index is 0.000000845. The maximum Gasteiger partial charge on any atom is 0.0949 e. The predicted octanol–water partition coefficient (Wildman–Crippen LogP) is 0.164. The van der Waals surface area contributed by atoms with Gasteiger partial charge < -0.3 is 10.1 Å². The first-order chi connectivity index (χ1) is 5.97. The van der Waals surface area contributed by atoms with Crippen LogP contribution in [0, 0.1) is 0 Å². The second-order valence-electron chi connectivity index (χ2n) is 2.97. The second kappa shape index (κ2) is 5.05. The lowest BCUT2D eigenvalue weighted by molar-refractivity contribution is 0.0277. The molecule has 1 fully saturated rings. The van der Waals surface area contributed by atoms with E-state index in [0.29, 0.717) is 0 Å². The largest absolute Gasteiger partial charge is 0.371 e. The zero-order chi connectivity index (χ0) is 8.23. The van der Waals surface area contributed by atoms with Crippen LogP contribution in [0.15, 0.2) is 30.3 Å². The molecule has 0 spiro atoms. The lowest BCUT2D eigenvalue weighted by Gasteiger charge is -2.23. The van der Waals surface area contributed by atoms with E-state index < -0.39 is 0 Å². The number of ether oxygens (including phenoxy) is 1. The van der Waals surface area contributed by atoms with Crippen molar-refractivity contribution in [3.63, 3.8) is 0 Å². The van der Waals surface area contributed by atoms with Crippen LogP contribution in [0.3, 0.4) is 0 Å². The highest BCUT2D eigenvalue weighted by atomic mass is 16.5. The number of hydrogen-bond donors (Lipinski definition) is 1. The molecule has 2 nitrogen and oxygen atoms in total. The Morgan fingerprint density at radius 3 is 2.62 bits per heavy atom. The topological polar surface area (TPSA) is 21.3 Å². The van der Waals surface area contributed by atoms with Gasteiger partial charge in [-0.25, -0.2) is 0 Å². The number of nitrogens with one attached hydrogen (secondary N) is 1. The quantitative estimate of drug-likeness (QED) is 0.617. The Morgan fingerprint density at radius 2 is 2.00 bits per heavy atom. The van der Waals surface area contributed by atoms with Crippen molar-refractivity contribution in [1.29, 1.82) is 0 Å². The Hall–Kier alpha value is -0.795. The third-order valence-corrected chi connectivity index (χ3v) is 2.10. The minimum Gasteiger partial charge on any atom is -0.371 e. The van der Waals surface area contributed by atoms with E-state index in [-0.39, 0.29) is 14.5 Å². The molecule has 0 amide bonds. The summed E-state index contributed by atoms with van der Waals surface area (Å²) in [6.45, 7) is 2.73. The molecule has 1 aliphatic heterocycles. The molecule has 0 bridgehead atoms. The SMILES string of the molecule is B.c1ccc(C2CNCCO2)cc1. The molecule has 13 heavy (non-hydrogen) atoms. The number of morpholine rings is 1. The lowest BCUT2D eigenvalue weighted by Crippen LogP contribution is -2.33. The van der Waals surface area contributed by atoms with Gasteiger partial charge in [0, 0.05) is 13.1 Å². The average molecular weight is 177 g/mol. The zero-order valence-electron chi connectivity index (χ0n) is 6.99. The third kappa shape index (κ3) is 2.57. The van der Waals surface area contributed by atoms with E-state index in [1.807, 2.05) is 18.2 Å². The fourth-order valence-electron chi connectivity index (χ4n) is 1.45. The summed E-state index contributed by atoms with van der Waals surface area (Å²) in [4.78, 5) is 0. The second-order valence-corrected chi connectivity index (χ2v) is 2.97. The van der Waals surface area contributed by atoms with Gasteiger partial charge in [0.1, 0.15) is 0 Å². The summed E-state index contributed by atoms with van der Waals surface area (Å²) in [5.74, 6) is 0. The molecule has 1 unspecified atom stereocenters. The number of benzene rings is 1. The van der Waals surface area contributed by atoms with Crippen LogP contribution >= 0.6 is 0 Å². The standard InChI is InChI=1S/C10H13NO.BH3/c1-2-4-9(5-3-1)10-8-11-6-7-12-10;/h1-5,10-11H,6-8H2;1H3. The molecule has 3 heteroatoms. The molecule has 0 saturated carbocycles. The highest BCUT2D eigenvalue weighted by Gasteiger charge is 2.14. The van der Waals surface area contributed by atoms with E-state index in [0.717, 1.165) is 19.7 Å². The van der Waals surface area contributed by atoms with Crippen molar-refractivity contribution in [2.75, 3.05) is 19.7 Å². The maximum atomic E-state index is 5.60. The molecule has 1 aromatic carbocycles. The molecule has 2 rings (SSSR count). The third-order valence-electron chi connectivity index (χ3n) is 2.10. The summed E-state index contributed by atoms with van der Waals surface area (Å²) >= 11 is 0. The molecular formula is C10H16BNO. The van der Waals surface area contributed by atoms with Crippen molar-refractivity contribution in [2.45, 2.75) is 6.10 Å². The van der Waals surface area contributed by atoms with Crippen molar-refractivity contribution in [3.05, 3.63) is 35.9 Å². The molecule has 0 aromatic heterocycles. The first-order valence-corrected chi connectivity index (χ1v) is 4.34. The Kier molecular flexibility index (Phi) is 3.99. The fourth-order valence-corrected chi connectivity index (χ4v) is 1.45. The van der Waals surface area contributed by atoms with Crippen LogP contribution in [0.5, 0.6) is 0 Å². The molecule has 1 heterocycles. The van der Waals surface area contributed by atoms with Crippen LogP contribution in [0.1, 0.15) is 11.7 Å². The molecule has 1 aromatic rings. The van der Waals surface area contributed by atoms with E-state index >= 15 is 0 Å². The van der Waals surface area contributed by atoms with Crippen molar-refractivity contribution in [1.82, 2.24) is 5.32 Å². The van der Waals surface area contributed by atoms with Gasteiger partial charge in [-0.15, -0.1) is 0 Å². The minimum absolute atomic E-state index is 0. The van der Waals surface area contributed by atoms with E-state index in [1.54, 1.807) is 0 Å². The Morgan fingerprint density at radius 1 is 1.23 bits per heavy atom. The Bertz CT molecular complexity index is 234. The molecule has 1 saturated heterocycles. The predicted molar refractivity (Wildman–Crippen MR) is 57.9 cm³/mol. The summed E-state index contributed by atoms with van der Waals surface area (Å²) in [5, 5.41) is 3.31. The van der Waals surface area contributed by atoms with Crippen LogP contribution in [-0.4, -0.2) is 28.1 Å². The first-order valence-electron chi connectivity index (χ1n) is 4.34. The molecule has 70 valence electrons. The van der Waals surface area contributed by atoms with Gasteiger partial charge >= 0.3 is 0 Å². The van der Waals surface area contributed by atoms with Crippen molar-refractivity contribution in [2.24, 2.45) is 0 Å². The van der Waals surface area contributed by atoms with Crippen LogP contribution in [-0.2, 0) is 4.74 Å². The van der Waals surface area contributed by atoms with Gasteiger partial charge in [0.2, 0.25) is 0 Å². The van der Waals surface area contributed by atoms with Gasteiger partial charge in [-0.1, -0.05) is 30.3 Å². The van der Waals surface area contributed by atoms with E-state index in [9.17, 15) is 0 Å². The van der Waals surface area contributed by atoms with Gasteiger partial charge in [-0.3, -0.25) is 0 Å². The average Bonchev–Trinajstić information content (AvgIpc) is 2.21. The van der Waals surface area contributed by atoms with Crippen LogP contribution in [0.2, 0.25) is 0 Å². The maximum absolute atomic E-state index is 5.60. The van der Waals surface area contributed by atoms with Crippen molar-refractivity contribution >= 4 is 8.41 Å². The highest BCUT2D eigenvalue weighted by molar-refractivity contribution is 5.75. The number of rotatable bonds is 1. The molecule has 0 aliphatic carbocycles. The fraction of sp³-hybridized carbons (Fsp3) is 0.400. The summed E-state index contributed by atoms with van der Waals surface area (Å²) in [5.41, 5.74) is 1.27. The van der Waals surface area contributed by atoms with Crippen molar-refractivity contribution in [3.8, 4) is 0 Å². The zero-order valence-corrected chi connectivity index (χ0v) is 6.99. The minimum atomic E-state index is 0. The van der Waals surface area contributed by atoms with Crippen LogP contribution in [0.25, 0.3) is 0 Å². The van der Waals surface area contributed by atoms with Gasteiger partial charge in [-0.05, 0) is 5.56 Å². The molecule has 1 N–H and O–H groups in total. The van der Waals surface area contributed by atoms with Gasteiger partial charge in [0.25, 0.3) is 0 Å². The number of hydrogen-bond acceptors (Lipinski definition) is 2. The van der Waals surface area contributed by atoms with Gasteiger partial charge in [0.05, 0.1) is 21.1 Å². The molecular weight excluding hydrogens is 161 g/mol. The smallest absolute Gasteiger partial charge is 0.0949 e. The first kappa shape index (κ1) is 10.3. The Labute approximate surface area is 80.9 Å². The normalized spacial score (nSPS) is 22.0. The van der Waals surface area contributed by atoms with E-state index in [4.69, 9.17) is 4.74 Å². The van der Waals surface area contributed by atoms with E-state index in [2.05, 4.69) is 17.4 Å². The van der Waals surface area contributed by atoms with Gasteiger partial charge in [-0.2, -0.15) is 0 Å². The summed E-state index contributed by atoms with van der Waals surface area (Å²) in [7, 11) is 0. The van der Waals surface area contributed by atoms with Crippen LogP contribution in [0.4, 0.5) is 0 Å². The lowest BCUT2D eigenvalue weighted by atomic mass is 10.1. The molecule has 0 radical (unpaired) electrons. The van der Waals surface area contributed by atoms with E-state index in [1.165, 1.54) is 5.56 Å².